The standard InChI is InChI=1S/C22H29N3O3/c1-3-16(2)25-21(27)18-11-7-8-12-19(18)24(22(25)28)15-20(26)23-14-13-17-9-5-4-6-10-17/h7-9,11-12,16H,3-6,10,13-15H2,1-2H3,(H,23,26)/t16-/m0/s1. The van der Waals surface area contributed by atoms with Crippen molar-refractivity contribution in [1.29, 1.82) is 0 Å². The lowest BCUT2D eigenvalue weighted by Gasteiger charge is -2.17. The highest BCUT2D eigenvalue weighted by Crippen LogP contribution is 2.19. The third-order valence-corrected chi connectivity index (χ3v) is 5.57. The number of para-hydroxylation sites is 1. The van der Waals surface area contributed by atoms with Gasteiger partial charge in [-0.2, -0.15) is 0 Å². The minimum Gasteiger partial charge on any atom is -0.354 e. The molecule has 1 heterocycles. The van der Waals surface area contributed by atoms with E-state index in [4.69, 9.17) is 0 Å². The lowest BCUT2D eigenvalue weighted by molar-refractivity contribution is -0.121. The fourth-order valence-electron chi connectivity index (χ4n) is 3.76. The molecule has 1 aromatic heterocycles. The number of aromatic nitrogens is 2. The van der Waals surface area contributed by atoms with Gasteiger partial charge >= 0.3 is 5.69 Å². The highest BCUT2D eigenvalue weighted by Gasteiger charge is 2.17. The van der Waals surface area contributed by atoms with E-state index in [2.05, 4.69) is 11.4 Å². The summed E-state index contributed by atoms with van der Waals surface area (Å²) in [6.07, 6.45) is 8.50. The van der Waals surface area contributed by atoms with Gasteiger partial charge in [0.15, 0.2) is 0 Å². The van der Waals surface area contributed by atoms with Gasteiger partial charge in [-0.05, 0) is 57.6 Å². The van der Waals surface area contributed by atoms with Crippen LogP contribution in [0, 0.1) is 0 Å². The third kappa shape index (κ3) is 4.26. The Bertz CT molecular complexity index is 1000. The minimum atomic E-state index is -0.428. The second-order valence-electron chi connectivity index (χ2n) is 7.53. The number of allylic oxidation sites excluding steroid dienone is 1. The molecular formula is C22H29N3O3. The summed E-state index contributed by atoms with van der Waals surface area (Å²) in [5, 5.41) is 3.38. The number of hydrogen-bond donors (Lipinski definition) is 1. The van der Waals surface area contributed by atoms with Crippen LogP contribution in [0.1, 0.15) is 58.4 Å². The van der Waals surface area contributed by atoms with Gasteiger partial charge in [-0.3, -0.25) is 18.7 Å². The molecule has 0 spiro atoms. The Kier molecular flexibility index (Phi) is 6.49. The van der Waals surface area contributed by atoms with E-state index in [0.717, 1.165) is 19.3 Å². The van der Waals surface area contributed by atoms with Crippen LogP contribution in [0.2, 0.25) is 0 Å². The molecule has 0 unspecified atom stereocenters. The van der Waals surface area contributed by atoms with E-state index in [1.54, 1.807) is 24.3 Å². The normalized spacial score (nSPS) is 15.3. The van der Waals surface area contributed by atoms with E-state index < -0.39 is 5.69 Å². The monoisotopic (exact) mass is 383 g/mol. The van der Waals surface area contributed by atoms with Crippen LogP contribution >= 0.6 is 0 Å². The second-order valence-corrected chi connectivity index (χ2v) is 7.53. The molecule has 0 aliphatic heterocycles. The maximum Gasteiger partial charge on any atom is 0.332 e. The molecule has 1 aliphatic carbocycles. The summed E-state index contributed by atoms with van der Waals surface area (Å²) in [5.74, 6) is -0.210. The first-order valence-electron chi connectivity index (χ1n) is 10.2. The van der Waals surface area contributed by atoms with E-state index in [1.807, 2.05) is 13.8 Å². The first-order chi connectivity index (χ1) is 13.5. The maximum absolute atomic E-state index is 13.0. The van der Waals surface area contributed by atoms with Crippen molar-refractivity contribution in [2.24, 2.45) is 0 Å². The van der Waals surface area contributed by atoms with Crippen LogP contribution in [0.5, 0.6) is 0 Å². The van der Waals surface area contributed by atoms with Crippen molar-refractivity contribution >= 4 is 16.8 Å². The fourth-order valence-corrected chi connectivity index (χ4v) is 3.76. The number of fused-ring (bicyclic) bond motifs is 1. The first kappa shape index (κ1) is 20.1. The van der Waals surface area contributed by atoms with E-state index in [1.165, 1.54) is 27.5 Å². The van der Waals surface area contributed by atoms with Crippen molar-refractivity contribution in [3.05, 3.63) is 56.8 Å². The molecule has 1 atom stereocenters. The Morgan fingerprint density at radius 2 is 2.00 bits per heavy atom. The van der Waals surface area contributed by atoms with Crippen LogP contribution in [0.15, 0.2) is 45.5 Å². The Hall–Kier alpha value is -2.63. The van der Waals surface area contributed by atoms with Crippen molar-refractivity contribution in [2.45, 2.75) is 65.0 Å². The van der Waals surface area contributed by atoms with E-state index in [9.17, 15) is 14.4 Å². The Morgan fingerprint density at radius 1 is 1.21 bits per heavy atom. The van der Waals surface area contributed by atoms with Crippen molar-refractivity contribution < 1.29 is 4.79 Å². The van der Waals surface area contributed by atoms with Crippen molar-refractivity contribution in [2.75, 3.05) is 6.54 Å². The smallest absolute Gasteiger partial charge is 0.332 e. The van der Waals surface area contributed by atoms with Crippen LogP contribution in [0.25, 0.3) is 10.9 Å². The molecule has 1 amide bonds. The van der Waals surface area contributed by atoms with Gasteiger partial charge in [0.2, 0.25) is 5.91 Å². The molecule has 0 fully saturated rings. The molecule has 2 aromatic rings. The fraction of sp³-hybridized carbons (Fsp3) is 0.500. The van der Waals surface area contributed by atoms with Crippen molar-refractivity contribution in [1.82, 2.24) is 14.5 Å². The van der Waals surface area contributed by atoms with Crippen LogP contribution in [0.3, 0.4) is 0 Å². The number of nitrogens with one attached hydrogen (secondary N) is 1. The highest BCUT2D eigenvalue weighted by molar-refractivity contribution is 5.81. The predicted octanol–water partition coefficient (Wildman–Crippen LogP) is 3.14. The van der Waals surface area contributed by atoms with Crippen molar-refractivity contribution in [3.63, 3.8) is 0 Å². The van der Waals surface area contributed by atoms with Gasteiger partial charge < -0.3 is 5.32 Å². The minimum absolute atomic E-state index is 0.0882. The van der Waals surface area contributed by atoms with Gasteiger partial charge in [0.1, 0.15) is 6.54 Å². The largest absolute Gasteiger partial charge is 0.354 e. The molecule has 6 heteroatoms. The SMILES string of the molecule is CC[C@H](C)n1c(=O)c2ccccc2n(CC(=O)NCCC2=CCCCC2)c1=O. The van der Waals surface area contributed by atoms with Gasteiger partial charge in [0, 0.05) is 12.6 Å². The number of carbonyl (C=O) groups is 1. The van der Waals surface area contributed by atoms with Gasteiger partial charge in [-0.15, -0.1) is 0 Å². The van der Waals surface area contributed by atoms with Gasteiger partial charge in [0.05, 0.1) is 10.9 Å². The Balaban J connectivity index is 1.83. The average molecular weight is 383 g/mol. The summed E-state index contributed by atoms with van der Waals surface area (Å²) in [4.78, 5) is 38.3. The van der Waals surface area contributed by atoms with Gasteiger partial charge in [0.25, 0.3) is 5.56 Å². The first-order valence-corrected chi connectivity index (χ1v) is 10.2. The highest BCUT2D eigenvalue weighted by atomic mass is 16.2. The van der Waals surface area contributed by atoms with Crippen LogP contribution in [0.4, 0.5) is 0 Å². The summed E-state index contributed by atoms with van der Waals surface area (Å²) < 4.78 is 2.68. The summed E-state index contributed by atoms with van der Waals surface area (Å²) in [6, 6.07) is 6.76. The third-order valence-electron chi connectivity index (χ3n) is 5.57. The zero-order valence-electron chi connectivity index (χ0n) is 16.7. The lowest BCUT2D eigenvalue weighted by Crippen LogP contribution is -2.43. The lowest BCUT2D eigenvalue weighted by atomic mass is 9.97. The molecule has 3 rings (SSSR count). The second kappa shape index (κ2) is 9.04. The maximum atomic E-state index is 13.0. The number of rotatable bonds is 7. The molecule has 1 aromatic carbocycles. The number of amides is 1. The van der Waals surface area contributed by atoms with Crippen LogP contribution in [-0.4, -0.2) is 21.6 Å². The molecule has 0 saturated heterocycles. The molecule has 6 nitrogen and oxygen atoms in total. The summed E-state index contributed by atoms with van der Waals surface area (Å²) in [7, 11) is 0. The molecular weight excluding hydrogens is 354 g/mol. The number of nitrogens with zero attached hydrogens (tertiary/aromatic N) is 2. The summed E-state index contributed by atoms with van der Waals surface area (Å²) in [5.41, 5.74) is 1.18. The molecule has 0 radical (unpaired) electrons. The molecule has 1 N–H and O–H groups in total. The Morgan fingerprint density at radius 3 is 2.71 bits per heavy atom. The number of carbonyl (C=O) groups excluding carboxylic acids is 1. The summed E-state index contributed by atoms with van der Waals surface area (Å²) >= 11 is 0. The topological polar surface area (TPSA) is 73.1 Å². The van der Waals surface area contributed by atoms with Gasteiger partial charge in [-0.1, -0.05) is 30.7 Å². The Labute approximate surface area is 164 Å². The number of hydrogen-bond acceptors (Lipinski definition) is 3. The molecule has 0 bridgehead atoms. The number of benzene rings is 1. The van der Waals surface area contributed by atoms with E-state index >= 15 is 0 Å². The quantitative estimate of drug-likeness (QED) is 0.747. The van der Waals surface area contributed by atoms with E-state index in [-0.39, 0.29) is 24.1 Å². The molecule has 0 saturated carbocycles. The van der Waals surface area contributed by atoms with E-state index in [0.29, 0.717) is 23.9 Å². The van der Waals surface area contributed by atoms with Gasteiger partial charge in [-0.25, -0.2) is 4.79 Å². The van der Waals surface area contributed by atoms with Crippen molar-refractivity contribution in [3.8, 4) is 0 Å². The molecule has 1 aliphatic rings. The molecule has 150 valence electrons. The summed E-state index contributed by atoms with van der Waals surface area (Å²) in [6.45, 7) is 4.26. The molecule has 28 heavy (non-hydrogen) atoms. The zero-order chi connectivity index (χ0) is 20.1. The van der Waals surface area contributed by atoms with Crippen LogP contribution < -0.4 is 16.6 Å². The zero-order valence-corrected chi connectivity index (χ0v) is 16.7. The van der Waals surface area contributed by atoms with Crippen LogP contribution in [-0.2, 0) is 11.3 Å². The predicted molar refractivity (Wildman–Crippen MR) is 112 cm³/mol. The average Bonchev–Trinajstić information content (AvgIpc) is 2.72.